The van der Waals surface area contributed by atoms with Gasteiger partial charge in [-0.1, -0.05) is 66.2 Å². The first kappa shape index (κ1) is 30.1. The van der Waals surface area contributed by atoms with Crippen molar-refractivity contribution in [2.75, 3.05) is 6.61 Å². The highest BCUT2D eigenvalue weighted by Gasteiger charge is 2.38. The molecule has 0 saturated carbocycles. The normalized spacial score (nSPS) is 13.7. The zero-order valence-electron chi connectivity index (χ0n) is 22.7. The number of benzene rings is 3. The maximum Gasteiger partial charge on any atom is 0.407 e. The summed E-state index contributed by atoms with van der Waals surface area (Å²) >= 11 is 6.04. The van der Waals surface area contributed by atoms with Crippen LogP contribution in [0.3, 0.4) is 0 Å². The third-order valence-electron chi connectivity index (χ3n) is 6.15. The molecule has 0 spiro atoms. The zero-order valence-corrected chi connectivity index (χ0v) is 23.4. The largest absolute Gasteiger partial charge is 0.460 e. The SMILES string of the molecule is CC(C)(C)OC(=O)N[C@H](Cc1ccc(-c2cc(Cl)ccc2F)cc1)CC(C)(CO)C(=O)OCc1ccccc1. The molecule has 0 radical (unpaired) electrons. The quantitative estimate of drug-likeness (QED) is 0.271. The van der Waals surface area contributed by atoms with Gasteiger partial charge in [0.25, 0.3) is 0 Å². The number of hydrogen-bond donors (Lipinski definition) is 2. The predicted molar refractivity (Wildman–Crippen MR) is 150 cm³/mol. The van der Waals surface area contributed by atoms with Crippen molar-refractivity contribution >= 4 is 23.7 Å². The number of hydrogen-bond acceptors (Lipinski definition) is 5. The molecule has 0 bridgehead atoms. The summed E-state index contributed by atoms with van der Waals surface area (Å²) in [6, 6.07) is 20.2. The number of carbonyl (C=O) groups excluding carboxylic acids is 2. The van der Waals surface area contributed by atoms with Gasteiger partial charge in [-0.25, -0.2) is 9.18 Å². The molecule has 0 fully saturated rings. The Morgan fingerprint density at radius 3 is 2.26 bits per heavy atom. The second-order valence-corrected chi connectivity index (χ2v) is 11.3. The number of nitrogens with one attached hydrogen (secondary N) is 1. The average Bonchev–Trinajstić information content (AvgIpc) is 2.88. The van der Waals surface area contributed by atoms with Crippen LogP contribution in [-0.4, -0.2) is 35.4 Å². The number of alkyl carbamates (subject to hydrolysis) is 1. The molecular formula is C31H35ClFNO5. The minimum atomic E-state index is -1.28. The van der Waals surface area contributed by atoms with E-state index in [1.165, 1.54) is 12.1 Å². The van der Waals surface area contributed by atoms with Crippen molar-refractivity contribution < 1.29 is 28.6 Å². The Morgan fingerprint density at radius 1 is 0.974 bits per heavy atom. The van der Waals surface area contributed by atoms with Crippen molar-refractivity contribution in [3.8, 4) is 11.1 Å². The van der Waals surface area contributed by atoms with Gasteiger partial charge in [0, 0.05) is 16.6 Å². The van der Waals surface area contributed by atoms with Crippen LogP contribution in [0, 0.1) is 11.2 Å². The summed E-state index contributed by atoms with van der Waals surface area (Å²) in [7, 11) is 0. The number of carbonyl (C=O) groups is 2. The van der Waals surface area contributed by atoms with Crippen molar-refractivity contribution in [1.82, 2.24) is 5.32 Å². The van der Waals surface area contributed by atoms with Crippen LogP contribution in [0.5, 0.6) is 0 Å². The fraction of sp³-hybridized carbons (Fsp3) is 0.355. The number of aliphatic hydroxyl groups is 1. The molecule has 0 aromatic heterocycles. The minimum Gasteiger partial charge on any atom is -0.460 e. The van der Waals surface area contributed by atoms with E-state index in [1.807, 2.05) is 42.5 Å². The fourth-order valence-electron chi connectivity index (χ4n) is 4.13. The molecule has 6 nitrogen and oxygen atoms in total. The number of amides is 1. The first-order valence-corrected chi connectivity index (χ1v) is 13.1. The van der Waals surface area contributed by atoms with E-state index >= 15 is 0 Å². The summed E-state index contributed by atoms with van der Waals surface area (Å²) in [4.78, 5) is 25.7. The summed E-state index contributed by atoms with van der Waals surface area (Å²) in [5.41, 5.74) is 0.697. The molecule has 0 heterocycles. The third-order valence-corrected chi connectivity index (χ3v) is 6.38. The van der Waals surface area contributed by atoms with Gasteiger partial charge in [0.15, 0.2) is 0 Å². The number of halogens is 2. The van der Waals surface area contributed by atoms with E-state index in [9.17, 15) is 19.1 Å². The van der Waals surface area contributed by atoms with Crippen LogP contribution < -0.4 is 5.32 Å². The molecule has 2 N–H and O–H groups in total. The molecule has 0 aliphatic heterocycles. The fourth-order valence-corrected chi connectivity index (χ4v) is 4.30. The molecular weight excluding hydrogens is 521 g/mol. The first-order chi connectivity index (χ1) is 18.4. The number of esters is 1. The molecule has 208 valence electrons. The summed E-state index contributed by atoms with van der Waals surface area (Å²) in [6.07, 6.45) is -0.205. The van der Waals surface area contributed by atoms with Crippen LogP contribution >= 0.6 is 11.6 Å². The molecule has 1 amide bonds. The van der Waals surface area contributed by atoms with E-state index in [-0.39, 0.29) is 18.8 Å². The van der Waals surface area contributed by atoms with E-state index in [0.717, 1.165) is 11.1 Å². The summed E-state index contributed by atoms with van der Waals surface area (Å²) in [5, 5.41) is 13.5. The Balaban J connectivity index is 1.78. The van der Waals surface area contributed by atoms with Crippen molar-refractivity contribution in [3.05, 3.63) is 94.8 Å². The number of aliphatic hydroxyl groups excluding tert-OH is 1. The Bertz CT molecular complexity index is 1260. The molecule has 2 atom stereocenters. The molecule has 0 aliphatic carbocycles. The van der Waals surface area contributed by atoms with Gasteiger partial charge in [0.05, 0.1) is 12.0 Å². The smallest absolute Gasteiger partial charge is 0.407 e. The molecule has 0 saturated heterocycles. The summed E-state index contributed by atoms with van der Waals surface area (Å²) in [6.45, 7) is 6.48. The van der Waals surface area contributed by atoms with Crippen LogP contribution in [-0.2, 0) is 27.3 Å². The van der Waals surface area contributed by atoms with E-state index in [2.05, 4.69) is 5.32 Å². The van der Waals surface area contributed by atoms with Gasteiger partial charge in [-0.3, -0.25) is 4.79 Å². The van der Waals surface area contributed by atoms with Gasteiger partial charge >= 0.3 is 12.1 Å². The van der Waals surface area contributed by atoms with Crippen molar-refractivity contribution in [2.45, 2.75) is 58.8 Å². The lowest BCUT2D eigenvalue weighted by atomic mass is 9.82. The van der Waals surface area contributed by atoms with Crippen LogP contribution in [0.2, 0.25) is 5.02 Å². The van der Waals surface area contributed by atoms with Crippen molar-refractivity contribution in [1.29, 1.82) is 0 Å². The highest BCUT2D eigenvalue weighted by atomic mass is 35.5. The van der Waals surface area contributed by atoms with Crippen LogP contribution in [0.15, 0.2) is 72.8 Å². The molecule has 39 heavy (non-hydrogen) atoms. The highest BCUT2D eigenvalue weighted by molar-refractivity contribution is 6.30. The predicted octanol–water partition coefficient (Wildman–Crippen LogP) is 6.71. The first-order valence-electron chi connectivity index (χ1n) is 12.7. The van der Waals surface area contributed by atoms with Gasteiger partial charge in [0.2, 0.25) is 0 Å². The topological polar surface area (TPSA) is 84.9 Å². The minimum absolute atomic E-state index is 0.0704. The van der Waals surface area contributed by atoms with Gasteiger partial charge < -0.3 is 19.9 Å². The van der Waals surface area contributed by atoms with Crippen LogP contribution in [0.1, 0.15) is 45.2 Å². The third kappa shape index (κ3) is 9.08. The highest BCUT2D eigenvalue weighted by Crippen LogP contribution is 2.29. The monoisotopic (exact) mass is 555 g/mol. The molecule has 1 unspecified atom stereocenters. The Hall–Kier alpha value is -3.42. The van der Waals surface area contributed by atoms with E-state index < -0.39 is 35.7 Å². The van der Waals surface area contributed by atoms with E-state index in [4.69, 9.17) is 21.1 Å². The molecule has 0 aliphatic rings. The summed E-state index contributed by atoms with van der Waals surface area (Å²) < 4.78 is 25.3. The lowest BCUT2D eigenvalue weighted by molar-refractivity contribution is -0.159. The lowest BCUT2D eigenvalue weighted by Gasteiger charge is -2.31. The van der Waals surface area contributed by atoms with E-state index in [0.29, 0.717) is 22.6 Å². The maximum absolute atomic E-state index is 14.3. The maximum atomic E-state index is 14.3. The molecule has 8 heteroatoms. The Kier molecular flexibility index (Phi) is 10.1. The van der Waals surface area contributed by atoms with Crippen molar-refractivity contribution in [2.24, 2.45) is 5.41 Å². The molecule has 3 aromatic rings. The molecule has 3 aromatic carbocycles. The molecule has 3 rings (SSSR count). The standard InChI is InChI=1S/C31H35ClFNO5/c1-30(2,3)39-29(37)34-25(18-31(4,20-35)28(36)38-19-22-8-6-5-7-9-22)16-21-10-12-23(13-11-21)26-17-24(32)14-15-27(26)33/h5-15,17,25,35H,16,18-20H2,1-4H3,(H,34,37)/t25-,31?/m1/s1. The summed E-state index contributed by atoms with van der Waals surface area (Å²) in [5.74, 6) is -0.957. The average molecular weight is 556 g/mol. The van der Waals surface area contributed by atoms with Crippen LogP contribution in [0.25, 0.3) is 11.1 Å². The number of ether oxygens (including phenoxy) is 2. The van der Waals surface area contributed by atoms with Gasteiger partial charge in [-0.05, 0) is 75.4 Å². The van der Waals surface area contributed by atoms with Crippen molar-refractivity contribution in [3.63, 3.8) is 0 Å². The lowest BCUT2D eigenvalue weighted by Crippen LogP contribution is -2.46. The Morgan fingerprint density at radius 2 is 1.64 bits per heavy atom. The Labute approximate surface area is 234 Å². The van der Waals surface area contributed by atoms with Gasteiger partial charge in [0.1, 0.15) is 18.0 Å². The number of rotatable bonds is 10. The van der Waals surface area contributed by atoms with Gasteiger partial charge in [-0.15, -0.1) is 0 Å². The zero-order chi connectivity index (χ0) is 28.6. The van der Waals surface area contributed by atoms with Crippen LogP contribution in [0.4, 0.5) is 9.18 Å². The second kappa shape index (κ2) is 13.1. The van der Waals surface area contributed by atoms with E-state index in [1.54, 1.807) is 45.9 Å². The second-order valence-electron chi connectivity index (χ2n) is 10.9. The van der Waals surface area contributed by atoms with Gasteiger partial charge in [-0.2, -0.15) is 0 Å².